The Morgan fingerprint density at radius 2 is 1.42 bits per heavy atom. The Kier molecular flexibility index (Phi) is 14.1. The fourth-order valence-electron chi connectivity index (χ4n) is 3.25. The first-order valence-electron chi connectivity index (χ1n) is 10.7. The molecule has 26 heavy (non-hydrogen) atoms. The van der Waals surface area contributed by atoms with Gasteiger partial charge in [-0.1, -0.05) is 0 Å². The minimum absolute atomic E-state index is 0.0163. The number of hydrogen-bond acceptors (Lipinski definition) is 3. The van der Waals surface area contributed by atoms with Crippen molar-refractivity contribution in [1.82, 2.24) is 5.32 Å². The molecular formula is C21H45NO3Sn. The molecule has 5 heteroatoms. The minimum atomic E-state index is -2.22. The van der Waals surface area contributed by atoms with Crippen LogP contribution in [-0.4, -0.2) is 47.3 Å². The molecule has 0 spiro atoms. The van der Waals surface area contributed by atoms with E-state index in [-0.39, 0.29) is 12.1 Å². The van der Waals surface area contributed by atoms with E-state index in [4.69, 9.17) is 9.47 Å². The van der Waals surface area contributed by atoms with Gasteiger partial charge in [0.2, 0.25) is 0 Å². The zero-order chi connectivity index (χ0) is 20.1. The summed E-state index contributed by atoms with van der Waals surface area (Å²) < 4.78 is 16.9. The van der Waals surface area contributed by atoms with Crippen molar-refractivity contribution < 1.29 is 14.3 Å². The van der Waals surface area contributed by atoms with Gasteiger partial charge in [0.15, 0.2) is 0 Å². The SMILES string of the molecule is CCC[CH2][Sn]([CH2]CCC)([CH2]CCC)[CH2]OCC(C)NC(=O)OC(C)(C)C. The molecule has 0 aromatic heterocycles. The summed E-state index contributed by atoms with van der Waals surface area (Å²) in [6.07, 6.45) is 7.58. The molecule has 0 aromatic carbocycles. The van der Waals surface area contributed by atoms with E-state index in [0.717, 1.165) is 4.62 Å². The second-order valence-electron chi connectivity index (χ2n) is 8.87. The molecule has 0 radical (unpaired) electrons. The summed E-state index contributed by atoms with van der Waals surface area (Å²) in [7, 11) is 0. The average molecular weight is 478 g/mol. The zero-order valence-corrected chi connectivity index (χ0v) is 21.4. The molecule has 0 saturated carbocycles. The molecule has 1 amide bonds. The van der Waals surface area contributed by atoms with Gasteiger partial charge in [-0.15, -0.1) is 0 Å². The first-order valence-corrected chi connectivity index (χ1v) is 18.8. The van der Waals surface area contributed by atoms with Crippen molar-refractivity contribution >= 4 is 24.5 Å². The van der Waals surface area contributed by atoms with E-state index in [1.165, 1.54) is 51.8 Å². The Hall–Kier alpha value is 0.0287. The number of alkyl carbamates (subject to hydrolysis) is 1. The summed E-state index contributed by atoms with van der Waals surface area (Å²) in [6, 6.07) is -0.0163. The maximum atomic E-state index is 11.9. The number of carbonyl (C=O) groups excluding carboxylic acids is 1. The van der Waals surface area contributed by atoms with Crippen LogP contribution in [0.15, 0.2) is 0 Å². The van der Waals surface area contributed by atoms with Crippen LogP contribution in [0, 0.1) is 0 Å². The molecule has 0 rings (SSSR count). The third-order valence-electron chi connectivity index (χ3n) is 4.72. The number of amides is 1. The molecule has 1 N–H and O–H groups in total. The van der Waals surface area contributed by atoms with Gasteiger partial charge in [-0.3, -0.25) is 0 Å². The van der Waals surface area contributed by atoms with Crippen molar-refractivity contribution in [2.75, 3.05) is 11.2 Å². The topological polar surface area (TPSA) is 47.6 Å². The van der Waals surface area contributed by atoms with Crippen LogP contribution in [-0.2, 0) is 9.47 Å². The second-order valence-corrected chi connectivity index (χ2v) is 22.5. The van der Waals surface area contributed by atoms with Crippen LogP contribution < -0.4 is 5.32 Å². The third-order valence-corrected chi connectivity index (χ3v) is 19.2. The second kappa shape index (κ2) is 14.1. The fourth-order valence-corrected chi connectivity index (χ4v) is 17.6. The summed E-state index contributed by atoms with van der Waals surface area (Å²) in [5.41, 5.74) is -0.462. The van der Waals surface area contributed by atoms with E-state index in [2.05, 4.69) is 26.1 Å². The third kappa shape index (κ3) is 13.2. The Balaban J connectivity index is 4.57. The molecule has 0 aliphatic rings. The summed E-state index contributed by atoms with van der Waals surface area (Å²) >= 11 is -2.22. The van der Waals surface area contributed by atoms with Gasteiger partial charge in [-0.25, -0.2) is 0 Å². The molecular weight excluding hydrogens is 433 g/mol. The van der Waals surface area contributed by atoms with Crippen LogP contribution in [0.4, 0.5) is 4.79 Å². The normalized spacial score (nSPS) is 13.5. The van der Waals surface area contributed by atoms with Crippen molar-refractivity contribution in [2.24, 2.45) is 0 Å². The quantitative estimate of drug-likeness (QED) is 0.298. The van der Waals surface area contributed by atoms with E-state index in [0.29, 0.717) is 6.61 Å². The van der Waals surface area contributed by atoms with Crippen LogP contribution in [0.2, 0.25) is 13.3 Å². The van der Waals surface area contributed by atoms with Crippen LogP contribution in [0.1, 0.15) is 87.0 Å². The van der Waals surface area contributed by atoms with Crippen LogP contribution >= 0.6 is 0 Å². The zero-order valence-electron chi connectivity index (χ0n) is 18.6. The van der Waals surface area contributed by atoms with Crippen molar-refractivity contribution in [3.63, 3.8) is 0 Å². The van der Waals surface area contributed by atoms with Crippen molar-refractivity contribution in [2.45, 2.75) is 112 Å². The standard InChI is InChI=1S/C9H18NO3.3C4H9.Sn/c1-7(6-12-5)10-8(11)13-9(2,3)4;3*1-3-4-2;/h7H,5-6H2,1-4H3,(H,10,11);3*1,3-4H2,2H3;. The van der Waals surface area contributed by atoms with Gasteiger partial charge >= 0.3 is 167 Å². The number of unbranched alkanes of at least 4 members (excludes halogenated alkanes) is 3. The molecule has 0 bridgehead atoms. The van der Waals surface area contributed by atoms with E-state index in [1.807, 2.05) is 27.7 Å². The van der Waals surface area contributed by atoms with Crippen LogP contribution in [0.3, 0.4) is 0 Å². The number of hydrogen-bond donors (Lipinski definition) is 1. The van der Waals surface area contributed by atoms with Crippen molar-refractivity contribution in [1.29, 1.82) is 0 Å². The molecule has 1 atom stereocenters. The van der Waals surface area contributed by atoms with Gasteiger partial charge in [0, 0.05) is 0 Å². The number of rotatable bonds is 14. The van der Waals surface area contributed by atoms with Gasteiger partial charge in [0.1, 0.15) is 0 Å². The van der Waals surface area contributed by atoms with Crippen molar-refractivity contribution in [3.8, 4) is 0 Å². The first-order chi connectivity index (χ1) is 12.2. The van der Waals surface area contributed by atoms with E-state index in [9.17, 15) is 4.79 Å². The molecule has 0 aliphatic carbocycles. The number of carbonyl (C=O) groups is 1. The first kappa shape index (κ1) is 26.0. The fraction of sp³-hybridized carbons (Fsp3) is 0.952. The molecule has 0 heterocycles. The predicted molar refractivity (Wildman–Crippen MR) is 115 cm³/mol. The molecule has 1 unspecified atom stereocenters. The van der Waals surface area contributed by atoms with Crippen LogP contribution in [0.25, 0.3) is 0 Å². The summed E-state index contributed by atoms with van der Waals surface area (Å²) in [6.45, 7) is 15.1. The van der Waals surface area contributed by atoms with E-state index < -0.39 is 24.0 Å². The Bertz CT molecular complexity index is 347. The Labute approximate surface area is 167 Å². The van der Waals surface area contributed by atoms with Gasteiger partial charge in [0.25, 0.3) is 0 Å². The van der Waals surface area contributed by atoms with Crippen molar-refractivity contribution in [3.05, 3.63) is 0 Å². The summed E-state index contributed by atoms with van der Waals surface area (Å²) in [4.78, 5) is 11.9. The Morgan fingerprint density at radius 3 is 1.81 bits per heavy atom. The molecule has 4 nitrogen and oxygen atoms in total. The van der Waals surface area contributed by atoms with Gasteiger partial charge in [-0.2, -0.15) is 0 Å². The maximum absolute atomic E-state index is 11.9. The number of ether oxygens (including phenoxy) is 2. The monoisotopic (exact) mass is 479 g/mol. The Morgan fingerprint density at radius 1 is 0.962 bits per heavy atom. The van der Waals surface area contributed by atoms with E-state index >= 15 is 0 Å². The van der Waals surface area contributed by atoms with E-state index in [1.54, 1.807) is 0 Å². The summed E-state index contributed by atoms with van der Waals surface area (Å²) in [5.74, 6) is 0. The van der Waals surface area contributed by atoms with Crippen LogP contribution in [0.5, 0.6) is 0 Å². The number of nitrogens with one attached hydrogen (secondary N) is 1. The van der Waals surface area contributed by atoms with Gasteiger partial charge in [0.05, 0.1) is 0 Å². The summed E-state index contributed by atoms with van der Waals surface area (Å²) in [5, 5.41) is 2.89. The molecule has 156 valence electrons. The van der Waals surface area contributed by atoms with Gasteiger partial charge in [-0.05, 0) is 0 Å². The predicted octanol–water partition coefficient (Wildman–Crippen LogP) is 6.30. The molecule has 0 aliphatic heterocycles. The van der Waals surface area contributed by atoms with Gasteiger partial charge < -0.3 is 0 Å². The molecule has 0 aromatic rings. The molecule has 0 saturated heterocycles. The molecule has 0 fully saturated rings. The average Bonchev–Trinajstić information content (AvgIpc) is 2.54.